The van der Waals surface area contributed by atoms with Crippen molar-refractivity contribution in [3.05, 3.63) is 35.1 Å². The molecule has 0 heterocycles. The zero-order valence-electron chi connectivity index (χ0n) is 10.1. The van der Waals surface area contributed by atoms with E-state index in [1.54, 1.807) is 10.8 Å². The van der Waals surface area contributed by atoms with Gasteiger partial charge in [0.1, 0.15) is 5.82 Å². The maximum Gasteiger partial charge on any atom is 0.421 e. The van der Waals surface area contributed by atoms with Crippen LogP contribution in [0.5, 0.6) is 0 Å². The quantitative estimate of drug-likeness (QED) is 0.706. The topological polar surface area (TPSA) is 111 Å². The van der Waals surface area contributed by atoms with Crippen molar-refractivity contribution in [1.29, 1.82) is 0 Å². The minimum absolute atomic E-state index is 0.132. The zero-order chi connectivity index (χ0) is 14.5. The highest BCUT2D eigenvalue weighted by Gasteiger charge is 2.14. The number of nitrogens with one attached hydrogen (secondary N) is 2. The first kappa shape index (κ1) is 15.3. The second-order valence-electron chi connectivity index (χ2n) is 3.55. The molecule has 9 heteroatoms. The van der Waals surface area contributed by atoms with Crippen LogP contribution in [0.4, 0.5) is 9.18 Å². The van der Waals surface area contributed by atoms with Crippen LogP contribution in [0.1, 0.15) is 11.1 Å². The highest BCUT2D eigenvalue weighted by Crippen LogP contribution is 2.10. The first-order valence-corrected chi connectivity index (χ1v) is 6.69. The lowest BCUT2D eigenvalue weighted by atomic mass is 10.1. The van der Waals surface area contributed by atoms with Crippen LogP contribution in [0.25, 0.3) is 0 Å². The molecule has 1 rings (SSSR count). The molecule has 0 radical (unpaired) electrons. The van der Waals surface area contributed by atoms with E-state index < -0.39 is 22.1 Å². The molecule has 19 heavy (non-hydrogen) atoms. The van der Waals surface area contributed by atoms with Crippen LogP contribution in [0, 0.1) is 5.82 Å². The lowest BCUT2D eigenvalue weighted by Gasteiger charge is -2.08. The van der Waals surface area contributed by atoms with E-state index in [2.05, 4.69) is 4.74 Å². The fourth-order valence-electron chi connectivity index (χ4n) is 1.22. The number of rotatable bonds is 5. The van der Waals surface area contributed by atoms with E-state index in [0.717, 1.165) is 7.11 Å². The third-order valence-electron chi connectivity index (χ3n) is 2.21. The van der Waals surface area contributed by atoms with E-state index in [0.29, 0.717) is 5.56 Å². The predicted octanol–water partition coefficient (Wildman–Crippen LogP) is -0.0252. The molecule has 0 aliphatic rings. The Morgan fingerprint density at radius 1 is 1.47 bits per heavy atom. The summed E-state index contributed by atoms with van der Waals surface area (Å²) in [7, 11) is -3.07. The van der Waals surface area contributed by atoms with Gasteiger partial charge >= 0.3 is 16.3 Å². The van der Waals surface area contributed by atoms with Crippen LogP contribution in [0.2, 0.25) is 0 Å². The Morgan fingerprint density at radius 2 is 2.16 bits per heavy atom. The van der Waals surface area contributed by atoms with Crippen LogP contribution in [-0.4, -0.2) is 21.6 Å². The van der Waals surface area contributed by atoms with Gasteiger partial charge in [-0.3, -0.25) is 0 Å². The molecule has 0 unspecified atom stereocenters. The average Bonchev–Trinajstić information content (AvgIpc) is 2.36. The first-order valence-electron chi connectivity index (χ1n) is 5.20. The third kappa shape index (κ3) is 4.81. The van der Waals surface area contributed by atoms with Crippen molar-refractivity contribution >= 4 is 16.3 Å². The summed E-state index contributed by atoms with van der Waals surface area (Å²) in [6, 6.07) is 4.22. The van der Waals surface area contributed by atoms with Gasteiger partial charge in [0.2, 0.25) is 0 Å². The van der Waals surface area contributed by atoms with E-state index in [1.807, 2.05) is 4.72 Å². The Labute approximate surface area is 110 Å². The Balaban J connectivity index is 2.69. The summed E-state index contributed by atoms with van der Waals surface area (Å²) in [5, 5.41) is 0. The third-order valence-corrected chi connectivity index (χ3v) is 3.17. The molecule has 7 nitrogen and oxygen atoms in total. The number of hydrogen-bond acceptors (Lipinski definition) is 5. The molecule has 0 bridgehead atoms. The summed E-state index contributed by atoms with van der Waals surface area (Å²) < 4.78 is 43.9. The Hall–Kier alpha value is -1.71. The number of nitrogens with two attached hydrogens (primary N) is 1. The number of carbonyl (C=O) groups excluding carboxylic acids is 1. The van der Waals surface area contributed by atoms with E-state index in [4.69, 9.17) is 5.73 Å². The van der Waals surface area contributed by atoms with Crippen molar-refractivity contribution in [1.82, 2.24) is 9.44 Å². The molecule has 0 aliphatic carbocycles. The van der Waals surface area contributed by atoms with Gasteiger partial charge in [-0.05, 0) is 11.6 Å². The van der Waals surface area contributed by atoms with Gasteiger partial charge < -0.3 is 10.5 Å². The van der Waals surface area contributed by atoms with Crippen molar-refractivity contribution in [3.8, 4) is 0 Å². The van der Waals surface area contributed by atoms with Gasteiger partial charge in [-0.15, -0.1) is 0 Å². The number of ether oxygens (including phenoxy) is 1. The molecule has 1 amide bonds. The van der Waals surface area contributed by atoms with Crippen molar-refractivity contribution in [3.63, 3.8) is 0 Å². The maximum atomic E-state index is 13.5. The maximum absolute atomic E-state index is 13.5. The van der Waals surface area contributed by atoms with E-state index in [1.165, 1.54) is 12.1 Å². The minimum atomic E-state index is -4.09. The highest BCUT2D eigenvalue weighted by atomic mass is 32.2. The zero-order valence-corrected chi connectivity index (χ0v) is 11.0. The second kappa shape index (κ2) is 6.45. The van der Waals surface area contributed by atoms with Crippen LogP contribution < -0.4 is 15.2 Å². The minimum Gasteiger partial charge on any atom is -0.452 e. The summed E-state index contributed by atoms with van der Waals surface area (Å²) in [4.78, 5) is 10.7. The van der Waals surface area contributed by atoms with Crippen molar-refractivity contribution in [2.24, 2.45) is 5.73 Å². The molecule has 4 N–H and O–H groups in total. The van der Waals surface area contributed by atoms with Crippen molar-refractivity contribution < 1.29 is 22.3 Å². The fourth-order valence-corrected chi connectivity index (χ4v) is 1.94. The Kier molecular flexibility index (Phi) is 5.21. The van der Waals surface area contributed by atoms with E-state index >= 15 is 0 Å². The van der Waals surface area contributed by atoms with Crippen LogP contribution in [-0.2, 0) is 28.0 Å². The monoisotopic (exact) mass is 291 g/mol. The number of methoxy groups -OCH3 is 1. The molecule has 0 fully saturated rings. The molecule has 106 valence electrons. The van der Waals surface area contributed by atoms with E-state index in [9.17, 15) is 17.6 Å². The van der Waals surface area contributed by atoms with Gasteiger partial charge in [0, 0.05) is 18.7 Å². The van der Waals surface area contributed by atoms with Crippen molar-refractivity contribution in [2.75, 3.05) is 7.11 Å². The van der Waals surface area contributed by atoms with Gasteiger partial charge in [0.25, 0.3) is 0 Å². The molecular formula is C10H14FN3O4S. The van der Waals surface area contributed by atoms with Gasteiger partial charge in [-0.2, -0.15) is 13.1 Å². The summed E-state index contributed by atoms with van der Waals surface area (Å²) in [6.07, 6.45) is -1.13. The van der Waals surface area contributed by atoms with Crippen molar-refractivity contribution in [2.45, 2.75) is 13.1 Å². The van der Waals surface area contributed by atoms with Gasteiger partial charge in [-0.1, -0.05) is 12.1 Å². The summed E-state index contributed by atoms with van der Waals surface area (Å²) in [5.41, 5.74) is 6.07. The number of carbonyl (C=O) groups is 1. The molecule has 0 saturated heterocycles. The standard InChI is InChI=1S/C10H14FN3O4S/c1-18-10(15)14-19(16,17)13-6-8-3-2-7(5-12)4-9(8)11/h2-4,13H,5-6,12H2,1H3,(H,14,15). The van der Waals surface area contributed by atoms with Crippen LogP contribution in [0.15, 0.2) is 18.2 Å². The first-order chi connectivity index (χ1) is 8.88. The lowest BCUT2D eigenvalue weighted by Crippen LogP contribution is -2.39. The number of benzene rings is 1. The summed E-state index contributed by atoms with van der Waals surface area (Å²) in [5.74, 6) is -0.580. The van der Waals surface area contributed by atoms with E-state index in [-0.39, 0.29) is 18.7 Å². The second-order valence-corrected chi connectivity index (χ2v) is 5.05. The molecule has 1 aromatic carbocycles. The van der Waals surface area contributed by atoms with Gasteiger partial charge in [-0.25, -0.2) is 13.9 Å². The summed E-state index contributed by atoms with van der Waals surface area (Å²) >= 11 is 0. The Bertz CT molecular complexity index is 562. The fraction of sp³-hybridized carbons (Fsp3) is 0.300. The summed E-state index contributed by atoms with van der Waals surface area (Å²) in [6.45, 7) is -0.115. The predicted molar refractivity (Wildman–Crippen MR) is 65.6 cm³/mol. The molecular weight excluding hydrogens is 277 g/mol. The number of hydrogen-bond donors (Lipinski definition) is 3. The van der Waals surface area contributed by atoms with Crippen LogP contribution in [0.3, 0.4) is 0 Å². The van der Waals surface area contributed by atoms with Gasteiger partial charge in [0.15, 0.2) is 0 Å². The normalized spacial score (nSPS) is 11.1. The molecule has 0 saturated carbocycles. The van der Waals surface area contributed by atoms with Gasteiger partial charge in [0.05, 0.1) is 7.11 Å². The molecule has 0 aliphatic heterocycles. The molecule has 0 aromatic heterocycles. The number of halogens is 1. The molecule has 0 spiro atoms. The molecule has 1 aromatic rings. The molecule has 0 atom stereocenters. The lowest BCUT2D eigenvalue weighted by molar-refractivity contribution is 0.177. The van der Waals surface area contributed by atoms with Crippen LogP contribution >= 0.6 is 0 Å². The smallest absolute Gasteiger partial charge is 0.421 e. The SMILES string of the molecule is COC(=O)NS(=O)(=O)NCc1ccc(CN)cc1F. The largest absolute Gasteiger partial charge is 0.452 e. The Morgan fingerprint density at radius 3 is 2.68 bits per heavy atom. The number of amides is 1. The highest BCUT2D eigenvalue weighted by molar-refractivity contribution is 7.88. The average molecular weight is 291 g/mol.